The van der Waals surface area contributed by atoms with Crippen LogP contribution in [-0.4, -0.2) is 22.0 Å². The van der Waals surface area contributed by atoms with Gasteiger partial charge < -0.3 is 4.74 Å². The Hall–Kier alpha value is -2.14. The molecule has 0 aliphatic carbocycles. The van der Waals surface area contributed by atoms with Gasteiger partial charge in [-0.1, -0.05) is 23.7 Å². The zero-order valence-corrected chi connectivity index (χ0v) is 10.2. The molecule has 5 nitrogen and oxygen atoms in total. The van der Waals surface area contributed by atoms with Gasteiger partial charge in [0.15, 0.2) is 5.69 Å². The number of carbonyl (C=O) groups excluding carboxylic acids is 2. The molecule has 0 atom stereocenters. The highest BCUT2D eigenvalue weighted by Gasteiger charge is 2.17. The summed E-state index contributed by atoms with van der Waals surface area (Å²) in [6.45, 7) is 0. The molecule has 0 spiro atoms. The minimum absolute atomic E-state index is 0.160. The first-order valence-corrected chi connectivity index (χ1v) is 5.44. The average Bonchev–Trinajstić information content (AvgIpc) is 2.69. The second-order valence-corrected chi connectivity index (χ2v) is 3.95. The van der Waals surface area contributed by atoms with E-state index in [2.05, 4.69) is 5.10 Å². The van der Waals surface area contributed by atoms with Crippen molar-refractivity contribution < 1.29 is 14.3 Å². The first-order valence-electron chi connectivity index (χ1n) is 5.06. The molecule has 18 heavy (non-hydrogen) atoms. The maximum atomic E-state index is 11.9. The van der Waals surface area contributed by atoms with E-state index in [4.69, 9.17) is 16.3 Å². The summed E-state index contributed by atoms with van der Waals surface area (Å²) in [6.07, 6.45) is 2.04. The first kappa shape index (κ1) is 12.3. The molecule has 2 aromatic rings. The smallest absolute Gasteiger partial charge is 0.363 e. The lowest BCUT2D eigenvalue weighted by atomic mass is 10.2. The number of rotatable bonds is 3. The van der Waals surface area contributed by atoms with Gasteiger partial charge in [0.05, 0.1) is 11.2 Å². The summed E-state index contributed by atoms with van der Waals surface area (Å²) < 4.78 is 6.45. The van der Waals surface area contributed by atoms with Crippen LogP contribution >= 0.6 is 11.6 Å². The maximum absolute atomic E-state index is 11.9. The van der Waals surface area contributed by atoms with Crippen molar-refractivity contribution in [3.05, 3.63) is 46.7 Å². The topological polar surface area (TPSA) is 61.2 Å². The molecule has 0 aliphatic rings. The molecular formula is C12H9ClN2O3. The molecular weight excluding hydrogens is 256 g/mol. The third-order valence-electron chi connectivity index (χ3n) is 2.29. The lowest BCUT2D eigenvalue weighted by Gasteiger charge is -2.05. The van der Waals surface area contributed by atoms with E-state index in [-0.39, 0.29) is 16.5 Å². The van der Waals surface area contributed by atoms with Crippen molar-refractivity contribution in [2.75, 3.05) is 0 Å². The molecule has 0 N–H and O–H groups in total. The number of aryl methyl sites for hydroxylation is 1. The van der Waals surface area contributed by atoms with Crippen molar-refractivity contribution in [1.82, 2.24) is 9.78 Å². The van der Waals surface area contributed by atoms with Crippen molar-refractivity contribution in [2.45, 2.75) is 0 Å². The fraction of sp³-hybridized carbons (Fsp3) is 0.0833. The Morgan fingerprint density at radius 3 is 2.89 bits per heavy atom. The predicted octanol–water partition coefficient (Wildman–Crippen LogP) is 2.11. The number of aldehydes is 1. The normalized spacial score (nSPS) is 10.1. The van der Waals surface area contributed by atoms with Gasteiger partial charge in [-0.25, -0.2) is 4.79 Å². The Morgan fingerprint density at radius 1 is 1.50 bits per heavy atom. The third kappa shape index (κ3) is 2.41. The number of hydrogen-bond donors (Lipinski definition) is 0. The van der Waals surface area contributed by atoms with Crippen molar-refractivity contribution in [3.8, 4) is 5.75 Å². The summed E-state index contributed by atoms with van der Waals surface area (Å²) in [5.74, 6) is -0.343. The van der Waals surface area contributed by atoms with Crippen LogP contribution in [0.2, 0.25) is 5.02 Å². The summed E-state index contributed by atoms with van der Waals surface area (Å²) in [6, 6.07) is 6.28. The van der Waals surface area contributed by atoms with Crippen LogP contribution in [0.5, 0.6) is 5.75 Å². The van der Waals surface area contributed by atoms with Gasteiger partial charge in [0.1, 0.15) is 12.0 Å². The largest absolute Gasteiger partial charge is 0.422 e. The van der Waals surface area contributed by atoms with E-state index in [9.17, 15) is 9.59 Å². The number of benzene rings is 1. The fourth-order valence-electron chi connectivity index (χ4n) is 1.45. The zero-order valence-electron chi connectivity index (χ0n) is 9.46. The van der Waals surface area contributed by atoms with Gasteiger partial charge in [-0.2, -0.15) is 5.10 Å². The van der Waals surface area contributed by atoms with E-state index in [1.807, 2.05) is 0 Å². The Morgan fingerprint density at radius 2 is 2.28 bits per heavy atom. The highest BCUT2D eigenvalue weighted by molar-refractivity contribution is 6.33. The molecule has 1 heterocycles. The standard InChI is InChI=1S/C12H9ClN2O3/c1-15-11(10(13)6-14-15)12(17)18-9-4-2-3-8(5-9)7-16/h2-7H,1H3. The van der Waals surface area contributed by atoms with Crippen LogP contribution in [0.1, 0.15) is 20.8 Å². The van der Waals surface area contributed by atoms with Crippen LogP contribution in [0.15, 0.2) is 30.5 Å². The number of hydrogen-bond acceptors (Lipinski definition) is 4. The molecule has 0 bridgehead atoms. The Kier molecular flexibility index (Phi) is 3.43. The van der Waals surface area contributed by atoms with E-state index in [0.29, 0.717) is 11.8 Å². The zero-order chi connectivity index (χ0) is 13.1. The number of nitrogens with zero attached hydrogens (tertiary/aromatic N) is 2. The lowest BCUT2D eigenvalue weighted by molar-refractivity contribution is 0.0723. The highest BCUT2D eigenvalue weighted by Crippen LogP contribution is 2.18. The van der Waals surface area contributed by atoms with Crippen molar-refractivity contribution in [2.24, 2.45) is 7.05 Å². The van der Waals surface area contributed by atoms with Crippen molar-refractivity contribution in [1.29, 1.82) is 0 Å². The molecule has 0 saturated carbocycles. The second-order valence-electron chi connectivity index (χ2n) is 3.54. The summed E-state index contributed by atoms with van der Waals surface area (Å²) >= 11 is 5.82. The first-order chi connectivity index (χ1) is 8.61. The molecule has 0 radical (unpaired) electrons. The molecule has 2 rings (SSSR count). The van der Waals surface area contributed by atoms with E-state index < -0.39 is 5.97 Å². The Balaban J connectivity index is 2.24. The summed E-state index contributed by atoms with van der Waals surface area (Å²) in [5, 5.41) is 4.06. The minimum Gasteiger partial charge on any atom is -0.422 e. The molecule has 0 unspecified atom stereocenters. The van der Waals surface area contributed by atoms with Gasteiger partial charge in [-0.05, 0) is 12.1 Å². The quantitative estimate of drug-likeness (QED) is 0.484. The summed E-state index contributed by atoms with van der Waals surface area (Å²) in [5.41, 5.74) is 0.588. The monoisotopic (exact) mass is 264 g/mol. The van der Waals surface area contributed by atoms with E-state index in [1.54, 1.807) is 25.2 Å². The number of ether oxygens (including phenoxy) is 1. The van der Waals surface area contributed by atoms with E-state index in [0.717, 1.165) is 0 Å². The van der Waals surface area contributed by atoms with Crippen molar-refractivity contribution in [3.63, 3.8) is 0 Å². The van der Waals surface area contributed by atoms with Gasteiger partial charge in [-0.3, -0.25) is 9.48 Å². The highest BCUT2D eigenvalue weighted by atomic mass is 35.5. The van der Waals surface area contributed by atoms with Crippen LogP contribution in [0.4, 0.5) is 0 Å². The molecule has 0 amide bonds. The van der Waals surface area contributed by atoms with Gasteiger partial charge in [0.25, 0.3) is 0 Å². The van der Waals surface area contributed by atoms with Crippen molar-refractivity contribution >= 4 is 23.9 Å². The van der Waals surface area contributed by atoms with Gasteiger partial charge >= 0.3 is 5.97 Å². The van der Waals surface area contributed by atoms with E-state index in [1.165, 1.54) is 16.9 Å². The Bertz CT molecular complexity index is 588. The number of aromatic nitrogens is 2. The van der Waals surface area contributed by atoms with Gasteiger partial charge in [0, 0.05) is 12.6 Å². The molecule has 0 fully saturated rings. The van der Waals surface area contributed by atoms with Gasteiger partial charge in [-0.15, -0.1) is 0 Å². The Labute approximate surface area is 108 Å². The molecule has 6 heteroatoms. The SMILES string of the molecule is Cn1ncc(Cl)c1C(=O)Oc1cccc(C=O)c1. The molecule has 1 aromatic carbocycles. The van der Waals surface area contributed by atoms with Crippen LogP contribution in [0, 0.1) is 0 Å². The van der Waals surface area contributed by atoms with Crippen LogP contribution in [0.3, 0.4) is 0 Å². The van der Waals surface area contributed by atoms with E-state index >= 15 is 0 Å². The molecule has 1 aromatic heterocycles. The number of carbonyl (C=O) groups is 2. The minimum atomic E-state index is -0.622. The average molecular weight is 265 g/mol. The van der Waals surface area contributed by atoms with Crippen LogP contribution in [-0.2, 0) is 7.05 Å². The summed E-state index contributed by atoms with van der Waals surface area (Å²) in [7, 11) is 1.59. The number of esters is 1. The van der Waals surface area contributed by atoms with Gasteiger partial charge in [0.2, 0.25) is 0 Å². The maximum Gasteiger partial charge on any atom is 0.363 e. The van der Waals surface area contributed by atoms with Crippen LogP contribution in [0.25, 0.3) is 0 Å². The molecule has 0 saturated heterocycles. The third-order valence-corrected chi connectivity index (χ3v) is 2.57. The molecule has 0 aliphatic heterocycles. The van der Waals surface area contributed by atoms with Crippen LogP contribution < -0.4 is 4.74 Å². The second kappa shape index (κ2) is 5.01. The summed E-state index contributed by atoms with van der Waals surface area (Å²) in [4.78, 5) is 22.5. The lowest BCUT2D eigenvalue weighted by Crippen LogP contribution is -2.14. The predicted molar refractivity (Wildman–Crippen MR) is 65.0 cm³/mol. The molecule has 92 valence electrons. The number of halogens is 1. The fourth-order valence-corrected chi connectivity index (χ4v) is 1.69.